The van der Waals surface area contributed by atoms with Crippen LogP contribution in [0.3, 0.4) is 0 Å². The third-order valence-corrected chi connectivity index (χ3v) is 4.60. The molecule has 3 aromatic carbocycles. The Labute approximate surface area is 172 Å². The first kappa shape index (κ1) is 18.7. The van der Waals surface area contributed by atoms with E-state index in [1.807, 2.05) is 60.7 Å². The Kier molecular flexibility index (Phi) is 5.27. The van der Waals surface area contributed by atoms with Crippen LogP contribution in [0.5, 0.6) is 5.75 Å². The molecule has 0 atom stereocenters. The summed E-state index contributed by atoms with van der Waals surface area (Å²) >= 11 is 6.37. The Bertz CT molecular complexity index is 1160. The number of nitrogens with zero attached hydrogens (tertiary/aromatic N) is 3. The first-order valence-electron chi connectivity index (χ1n) is 8.89. The number of hydrogen-bond donors (Lipinski definition) is 1. The van der Waals surface area contributed by atoms with Crippen LogP contribution in [-0.2, 0) is 0 Å². The summed E-state index contributed by atoms with van der Waals surface area (Å²) in [6.45, 7) is 0. The van der Waals surface area contributed by atoms with Gasteiger partial charge in [0.2, 0.25) is 5.82 Å². The van der Waals surface area contributed by atoms with Crippen LogP contribution in [-0.4, -0.2) is 27.8 Å². The third kappa shape index (κ3) is 3.83. The molecule has 1 N–H and O–H groups in total. The summed E-state index contributed by atoms with van der Waals surface area (Å²) in [6, 6.07) is 23.9. The molecule has 0 spiro atoms. The smallest absolute Gasteiger partial charge is 0.295 e. The monoisotopic (exact) mass is 404 g/mol. The molecule has 0 unspecified atom stereocenters. The molecule has 1 heterocycles. The number of anilines is 1. The summed E-state index contributed by atoms with van der Waals surface area (Å²) in [5, 5.41) is 7.74. The van der Waals surface area contributed by atoms with Crippen LogP contribution in [0, 0.1) is 0 Å². The number of ether oxygens (including phenoxy) is 1. The largest absolute Gasteiger partial charge is 0.495 e. The molecule has 0 fully saturated rings. The average Bonchev–Trinajstić information content (AvgIpc) is 3.20. The number of para-hydroxylation sites is 3. The third-order valence-electron chi connectivity index (χ3n) is 4.28. The van der Waals surface area contributed by atoms with Gasteiger partial charge in [0.25, 0.3) is 5.91 Å². The zero-order valence-electron chi connectivity index (χ0n) is 15.5. The molecule has 1 amide bonds. The average molecular weight is 405 g/mol. The Morgan fingerprint density at radius 2 is 1.66 bits per heavy atom. The van der Waals surface area contributed by atoms with E-state index in [2.05, 4.69) is 15.4 Å². The molecule has 29 heavy (non-hydrogen) atoms. The van der Waals surface area contributed by atoms with E-state index in [-0.39, 0.29) is 5.82 Å². The molecule has 0 radical (unpaired) electrons. The lowest BCUT2D eigenvalue weighted by Crippen LogP contribution is -2.15. The fraction of sp³-hybridized carbons (Fsp3) is 0.0455. The lowest BCUT2D eigenvalue weighted by Gasteiger charge is -2.08. The van der Waals surface area contributed by atoms with Crippen molar-refractivity contribution in [3.05, 3.63) is 89.7 Å². The molecule has 4 rings (SSSR count). The Morgan fingerprint density at radius 1 is 0.966 bits per heavy atom. The van der Waals surface area contributed by atoms with E-state index in [4.69, 9.17) is 16.3 Å². The number of aromatic nitrogens is 3. The van der Waals surface area contributed by atoms with E-state index in [1.54, 1.807) is 30.0 Å². The molecule has 0 aliphatic heterocycles. The molecule has 7 heteroatoms. The van der Waals surface area contributed by atoms with Crippen LogP contribution in [0.15, 0.2) is 78.9 Å². The van der Waals surface area contributed by atoms with E-state index in [0.29, 0.717) is 28.0 Å². The maximum Gasteiger partial charge on any atom is 0.295 e. The van der Waals surface area contributed by atoms with Gasteiger partial charge in [-0.05, 0) is 24.3 Å². The van der Waals surface area contributed by atoms with Crippen LogP contribution in [0.4, 0.5) is 5.69 Å². The van der Waals surface area contributed by atoms with Crippen molar-refractivity contribution in [3.63, 3.8) is 0 Å². The first-order chi connectivity index (χ1) is 14.2. The summed E-state index contributed by atoms with van der Waals surface area (Å²) in [5.74, 6) is 0.644. The minimum Gasteiger partial charge on any atom is -0.495 e. The van der Waals surface area contributed by atoms with Gasteiger partial charge in [0, 0.05) is 5.56 Å². The second-order valence-corrected chi connectivity index (χ2v) is 6.55. The molecule has 0 saturated carbocycles. The van der Waals surface area contributed by atoms with E-state index in [9.17, 15) is 4.79 Å². The first-order valence-corrected chi connectivity index (χ1v) is 9.27. The number of carbonyl (C=O) groups is 1. The predicted molar refractivity (Wildman–Crippen MR) is 113 cm³/mol. The maximum atomic E-state index is 12.9. The topological polar surface area (TPSA) is 69.0 Å². The maximum absolute atomic E-state index is 12.9. The number of benzene rings is 3. The zero-order chi connectivity index (χ0) is 20.2. The molecule has 144 valence electrons. The number of carbonyl (C=O) groups excluding carboxylic acids is 1. The number of rotatable bonds is 5. The van der Waals surface area contributed by atoms with Gasteiger partial charge in [0.1, 0.15) is 5.75 Å². The normalized spacial score (nSPS) is 10.6. The molecular formula is C22H17ClN4O2. The van der Waals surface area contributed by atoms with E-state index >= 15 is 0 Å². The number of halogens is 1. The Morgan fingerprint density at radius 3 is 2.41 bits per heavy atom. The van der Waals surface area contributed by atoms with Crippen LogP contribution in [0.1, 0.15) is 10.6 Å². The van der Waals surface area contributed by atoms with Gasteiger partial charge in [-0.15, -0.1) is 5.10 Å². The van der Waals surface area contributed by atoms with Crippen LogP contribution in [0.25, 0.3) is 17.1 Å². The van der Waals surface area contributed by atoms with Crippen molar-refractivity contribution in [2.24, 2.45) is 0 Å². The lowest BCUT2D eigenvalue weighted by molar-refractivity contribution is 0.101. The number of nitrogens with one attached hydrogen (secondary N) is 1. The summed E-state index contributed by atoms with van der Waals surface area (Å²) < 4.78 is 6.87. The molecule has 6 nitrogen and oxygen atoms in total. The van der Waals surface area contributed by atoms with Crippen molar-refractivity contribution >= 4 is 23.2 Å². The van der Waals surface area contributed by atoms with E-state index in [0.717, 1.165) is 5.56 Å². The molecule has 1 aromatic heterocycles. The van der Waals surface area contributed by atoms with Crippen molar-refractivity contribution in [3.8, 4) is 22.8 Å². The highest BCUT2D eigenvalue weighted by Crippen LogP contribution is 2.27. The SMILES string of the molecule is COc1ccccc1NC(=O)c1nc(-c2ccccc2)n(-c2ccccc2Cl)n1. The highest BCUT2D eigenvalue weighted by Gasteiger charge is 2.20. The van der Waals surface area contributed by atoms with Crippen molar-refractivity contribution in [1.29, 1.82) is 0 Å². The minimum atomic E-state index is -0.447. The van der Waals surface area contributed by atoms with Crippen LogP contribution >= 0.6 is 11.6 Å². The summed E-state index contributed by atoms with van der Waals surface area (Å²) in [5.41, 5.74) is 1.99. The number of amides is 1. The van der Waals surface area contributed by atoms with Crippen molar-refractivity contribution in [2.45, 2.75) is 0 Å². The Hall–Kier alpha value is -3.64. The molecular weight excluding hydrogens is 388 g/mol. The van der Waals surface area contributed by atoms with Gasteiger partial charge in [-0.25, -0.2) is 9.67 Å². The summed E-state index contributed by atoms with van der Waals surface area (Å²) in [4.78, 5) is 17.3. The number of methoxy groups -OCH3 is 1. The molecule has 0 saturated heterocycles. The van der Waals surface area contributed by atoms with Gasteiger partial charge < -0.3 is 10.1 Å². The van der Waals surface area contributed by atoms with Crippen LogP contribution in [0.2, 0.25) is 5.02 Å². The lowest BCUT2D eigenvalue weighted by atomic mass is 10.2. The van der Waals surface area contributed by atoms with E-state index < -0.39 is 5.91 Å². The summed E-state index contributed by atoms with van der Waals surface area (Å²) in [6.07, 6.45) is 0. The van der Waals surface area contributed by atoms with Gasteiger partial charge in [0.15, 0.2) is 5.82 Å². The van der Waals surface area contributed by atoms with Gasteiger partial charge in [0.05, 0.1) is 23.5 Å². The predicted octanol–water partition coefficient (Wildman–Crippen LogP) is 4.85. The second-order valence-electron chi connectivity index (χ2n) is 6.14. The minimum absolute atomic E-state index is 0.0229. The van der Waals surface area contributed by atoms with Gasteiger partial charge in [-0.1, -0.05) is 66.2 Å². The quantitative estimate of drug-likeness (QED) is 0.516. The second kappa shape index (κ2) is 8.16. The van der Waals surface area contributed by atoms with Gasteiger partial charge in [-0.3, -0.25) is 4.79 Å². The molecule has 0 aliphatic rings. The summed E-state index contributed by atoms with van der Waals surface area (Å²) in [7, 11) is 1.54. The molecule has 0 bridgehead atoms. The van der Waals surface area contributed by atoms with Gasteiger partial charge >= 0.3 is 0 Å². The molecule has 4 aromatic rings. The fourth-order valence-corrected chi connectivity index (χ4v) is 3.12. The van der Waals surface area contributed by atoms with E-state index in [1.165, 1.54) is 0 Å². The Balaban J connectivity index is 1.77. The standard InChI is InChI=1S/C22H17ClN4O2/c1-29-19-14-8-6-12-17(19)24-22(28)20-25-21(15-9-3-2-4-10-15)27(26-20)18-13-7-5-11-16(18)23/h2-14H,1H3,(H,24,28). The van der Waals surface area contributed by atoms with Gasteiger partial charge in [-0.2, -0.15) is 0 Å². The highest BCUT2D eigenvalue weighted by molar-refractivity contribution is 6.32. The van der Waals surface area contributed by atoms with Crippen molar-refractivity contribution < 1.29 is 9.53 Å². The number of hydrogen-bond acceptors (Lipinski definition) is 4. The van der Waals surface area contributed by atoms with Crippen molar-refractivity contribution in [1.82, 2.24) is 14.8 Å². The fourth-order valence-electron chi connectivity index (χ4n) is 2.90. The zero-order valence-corrected chi connectivity index (χ0v) is 16.3. The van der Waals surface area contributed by atoms with Crippen LogP contribution < -0.4 is 10.1 Å². The molecule has 0 aliphatic carbocycles. The van der Waals surface area contributed by atoms with Crippen molar-refractivity contribution in [2.75, 3.05) is 12.4 Å². The highest BCUT2D eigenvalue weighted by atomic mass is 35.5.